The summed E-state index contributed by atoms with van der Waals surface area (Å²) in [6.07, 6.45) is -0.694. The highest BCUT2D eigenvalue weighted by molar-refractivity contribution is 8.76. The van der Waals surface area contributed by atoms with Gasteiger partial charge >= 0.3 is 0 Å². The quantitative estimate of drug-likeness (QED) is 0.0655. The molecule has 0 spiro atoms. The van der Waals surface area contributed by atoms with Crippen LogP contribution >= 0.6 is 21.6 Å². The number of nitrogens with two attached hydrogens (primary N) is 4. The molecule has 0 aliphatic carbocycles. The molecule has 9 atom stereocenters. The molecule has 0 unspecified atom stereocenters. The molecular formula is C47H76N14O12S2. The lowest BCUT2D eigenvalue weighted by molar-refractivity contribution is -0.142. The molecule has 18 N–H and O–H groups in total. The average molecular weight is 1090 g/mol. The largest absolute Gasteiger partial charge is 0.508 e. The van der Waals surface area contributed by atoms with Crippen LogP contribution in [0.2, 0.25) is 0 Å². The van der Waals surface area contributed by atoms with E-state index in [0.29, 0.717) is 18.4 Å². The van der Waals surface area contributed by atoms with E-state index in [2.05, 4.69) is 47.9 Å². The van der Waals surface area contributed by atoms with E-state index in [1.807, 2.05) is 13.8 Å². The fourth-order valence-electron chi connectivity index (χ4n) is 7.95. The van der Waals surface area contributed by atoms with Crippen LogP contribution in [-0.4, -0.2) is 174 Å². The lowest BCUT2D eigenvalue weighted by atomic mass is 9.96. The fraction of sp³-hybridized carbons (Fsp3) is 0.638. The molecular weight excluding hydrogens is 1020 g/mol. The van der Waals surface area contributed by atoms with Gasteiger partial charge in [-0.3, -0.25) is 52.7 Å². The topological polar surface area (TPSA) is 424 Å². The van der Waals surface area contributed by atoms with E-state index in [9.17, 15) is 57.8 Å². The summed E-state index contributed by atoms with van der Waals surface area (Å²) >= 11 is 0. The van der Waals surface area contributed by atoms with Gasteiger partial charge in [-0.05, 0) is 55.2 Å². The number of likely N-dealkylation sites (tertiary alicyclic amines) is 1. The van der Waals surface area contributed by atoms with E-state index in [1.165, 1.54) is 29.2 Å². The van der Waals surface area contributed by atoms with Crippen LogP contribution in [0.25, 0.3) is 0 Å². The monoisotopic (exact) mass is 1090 g/mol. The van der Waals surface area contributed by atoms with Gasteiger partial charge in [-0.15, -0.1) is 0 Å². The molecule has 0 radical (unpaired) electrons. The molecule has 28 heteroatoms. The zero-order chi connectivity index (χ0) is 55.8. The van der Waals surface area contributed by atoms with Crippen molar-refractivity contribution in [2.75, 3.05) is 50.8 Å². The second-order valence-corrected chi connectivity index (χ2v) is 21.5. The highest BCUT2D eigenvalue weighted by Crippen LogP contribution is 2.26. The molecule has 3 saturated heterocycles. The summed E-state index contributed by atoms with van der Waals surface area (Å²) in [6.45, 7) is 11.2. The van der Waals surface area contributed by atoms with E-state index >= 15 is 0 Å². The van der Waals surface area contributed by atoms with Crippen LogP contribution in [0.15, 0.2) is 24.3 Å². The number of carbonyl (C=O) groups is 11. The van der Waals surface area contributed by atoms with Gasteiger partial charge in [0.25, 0.3) is 0 Å². The predicted molar refractivity (Wildman–Crippen MR) is 280 cm³/mol. The summed E-state index contributed by atoms with van der Waals surface area (Å²) in [5.74, 6) is -10.4. The van der Waals surface area contributed by atoms with E-state index in [4.69, 9.17) is 22.9 Å². The first-order valence-electron chi connectivity index (χ1n) is 25.0. The number of amides is 11. The fourth-order valence-corrected chi connectivity index (χ4v) is 10.2. The van der Waals surface area contributed by atoms with Crippen LogP contribution in [0.4, 0.5) is 0 Å². The van der Waals surface area contributed by atoms with Gasteiger partial charge < -0.3 is 80.8 Å². The second kappa shape index (κ2) is 32.3. The number of phenolic OH excluding ortho intramolecular Hbond substituents is 1. The Morgan fingerprint density at radius 2 is 1.33 bits per heavy atom. The minimum absolute atomic E-state index is 0.0468. The Hall–Kier alpha value is -6.23. The molecule has 0 saturated carbocycles. The summed E-state index contributed by atoms with van der Waals surface area (Å²) in [6, 6.07) is -5.05. The number of rotatable bonds is 17. The van der Waals surface area contributed by atoms with Gasteiger partial charge in [0.2, 0.25) is 65.0 Å². The number of hydrogen-bond acceptors (Lipinski definition) is 17. The standard InChI is InChI=1S/C43H66N12O12S2.C4H10N2/c1-5-22(4)35-42(66)49-26(12-13-32(45)57)38(62)51-29(17-33(46)58)39(63)53-30(20-69-68-19-25(44)36(60)50-28(40(64)54-35)16-23-8-10-24(56)11-9-23)43(67)55-14-6-7-31(55)41(65)52-27(15-21(2)3)37(61)48-18-34(47)59;1-2-6-4-3-5-1/h8-11,21-22,25-31,35,56H,5-7,12-20,44H2,1-4H3,(H2,45,57)(H2,46,58)(H2,47,59)(H,48,61)(H,49,66)(H,50,60)(H,51,62)(H,52,65)(H,53,63)(H,54,64);5-6H,1-4H2/t22-,25-,26-,27-,28-,29-,30-,31-,35-;/m0./s1. The molecule has 3 heterocycles. The number of carbonyl (C=O) groups excluding carboxylic acids is 11. The number of phenols is 1. The molecule has 3 fully saturated rings. The molecule has 1 aromatic rings. The van der Waals surface area contributed by atoms with Crippen LogP contribution in [0, 0.1) is 11.8 Å². The first kappa shape index (κ1) is 63.1. The maximum absolute atomic E-state index is 14.5. The van der Waals surface area contributed by atoms with Crippen molar-refractivity contribution in [3.05, 3.63) is 29.8 Å². The molecule has 418 valence electrons. The third kappa shape index (κ3) is 22.3. The maximum Gasteiger partial charge on any atom is 0.246 e. The van der Waals surface area contributed by atoms with Gasteiger partial charge in [0.05, 0.1) is 19.0 Å². The Labute approximate surface area is 444 Å². The lowest BCUT2D eigenvalue weighted by Crippen LogP contribution is -2.61. The van der Waals surface area contributed by atoms with Gasteiger partial charge in [-0.25, -0.2) is 0 Å². The summed E-state index contributed by atoms with van der Waals surface area (Å²) in [5, 5.41) is 34.1. The summed E-state index contributed by atoms with van der Waals surface area (Å²) in [4.78, 5) is 148. The van der Waals surface area contributed by atoms with E-state index in [1.54, 1.807) is 13.8 Å². The summed E-state index contributed by atoms with van der Waals surface area (Å²) in [5.41, 5.74) is 22.9. The highest BCUT2D eigenvalue weighted by Gasteiger charge is 2.41. The number of aromatic hydroxyl groups is 1. The Kier molecular flexibility index (Phi) is 27.1. The molecule has 11 amide bonds. The minimum atomic E-state index is -1.75. The van der Waals surface area contributed by atoms with Crippen molar-refractivity contribution < 1.29 is 57.8 Å². The van der Waals surface area contributed by atoms with Gasteiger partial charge in [-0.1, -0.05) is 67.8 Å². The number of benzene rings is 1. The highest BCUT2D eigenvalue weighted by atomic mass is 33.1. The number of nitrogens with zero attached hydrogens (tertiary/aromatic N) is 1. The van der Waals surface area contributed by atoms with Crippen molar-refractivity contribution in [1.29, 1.82) is 0 Å². The molecule has 4 rings (SSSR count). The van der Waals surface area contributed by atoms with Gasteiger partial charge in [0.1, 0.15) is 48.0 Å². The minimum Gasteiger partial charge on any atom is -0.508 e. The van der Waals surface area contributed by atoms with Gasteiger partial charge in [0, 0.05) is 57.1 Å². The Morgan fingerprint density at radius 1 is 0.747 bits per heavy atom. The van der Waals surface area contributed by atoms with Crippen molar-refractivity contribution in [2.24, 2.45) is 34.8 Å². The molecule has 3 aliphatic rings. The Morgan fingerprint density at radius 3 is 1.91 bits per heavy atom. The number of piperazine rings is 1. The summed E-state index contributed by atoms with van der Waals surface area (Å²) < 4.78 is 0. The lowest BCUT2D eigenvalue weighted by Gasteiger charge is -2.31. The molecule has 75 heavy (non-hydrogen) atoms. The summed E-state index contributed by atoms with van der Waals surface area (Å²) in [7, 11) is 2.05. The van der Waals surface area contributed by atoms with Gasteiger partial charge in [0.15, 0.2) is 0 Å². The van der Waals surface area contributed by atoms with E-state index in [-0.39, 0.29) is 49.0 Å². The Balaban J connectivity index is 0.00000229. The van der Waals surface area contributed by atoms with E-state index in [0.717, 1.165) is 47.8 Å². The number of hydrogen-bond donors (Lipinski definition) is 14. The van der Waals surface area contributed by atoms with Crippen LogP contribution < -0.4 is 70.8 Å². The predicted octanol–water partition coefficient (Wildman–Crippen LogP) is -4.43. The number of primary amides is 3. The zero-order valence-electron chi connectivity index (χ0n) is 42.9. The first-order chi connectivity index (χ1) is 35.5. The Bertz CT molecular complexity index is 2140. The maximum atomic E-state index is 14.5. The molecule has 3 aliphatic heterocycles. The first-order valence-corrected chi connectivity index (χ1v) is 27.4. The molecule has 0 bridgehead atoms. The SMILES string of the molecule is C1CNCCN1.CC[C@H](C)[C@@H]1NC(=O)[C@H](Cc2ccc(O)cc2)NC(=O)[C@@H](N)CSSC[C@@H](C(=O)N2CCC[C@H]2C(=O)N[C@@H](CC(C)C)C(=O)NCC(N)=O)NC(=O)[C@H](CC(N)=O)NC(=O)[C@H](CCC(N)=O)NC1=O. The number of nitrogens with one attached hydrogen (secondary N) is 9. The molecule has 0 aromatic heterocycles. The van der Waals surface area contributed by atoms with Crippen molar-refractivity contribution in [3.8, 4) is 5.75 Å². The zero-order valence-corrected chi connectivity index (χ0v) is 44.5. The van der Waals surface area contributed by atoms with Crippen molar-refractivity contribution in [2.45, 2.75) is 127 Å². The van der Waals surface area contributed by atoms with Crippen LogP contribution in [0.5, 0.6) is 5.75 Å². The van der Waals surface area contributed by atoms with Crippen molar-refractivity contribution >= 4 is 86.6 Å². The van der Waals surface area contributed by atoms with Gasteiger partial charge in [-0.2, -0.15) is 0 Å². The second-order valence-electron chi connectivity index (χ2n) is 18.9. The third-order valence-corrected chi connectivity index (χ3v) is 14.7. The van der Waals surface area contributed by atoms with Crippen molar-refractivity contribution in [3.63, 3.8) is 0 Å². The smallest absolute Gasteiger partial charge is 0.246 e. The average Bonchev–Trinajstić information content (AvgIpc) is 3.87. The molecule has 26 nitrogen and oxygen atoms in total. The van der Waals surface area contributed by atoms with Crippen molar-refractivity contribution in [1.82, 2.24) is 52.8 Å². The van der Waals surface area contributed by atoms with Crippen LogP contribution in [-0.2, 0) is 59.2 Å². The molecule has 1 aromatic carbocycles. The normalized spacial score (nSPS) is 24.3. The van der Waals surface area contributed by atoms with Crippen LogP contribution in [0.3, 0.4) is 0 Å². The third-order valence-electron chi connectivity index (χ3n) is 12.2. The van der Waals surface area contributed by atoms with Crippen LogP contribution in [0.1, 0.15) is 78.2 Å². The van der Waals surface area contributed by atoms with E-state index < -0.39 is 145 Å².